The number of hydrogen-bond acceptors (Lipinski definition) is 4. The lowest BCUT2D eigenvalue weighted by Gasteiger charge is -2.29. The van der Waals surface area contributed by atoms with E-state index >= 15 is 0 Å². The number of ether oxygens (including phenoxy) is 1. The Kier molecular flexibility index (Phi) is 6.78. The Labute approximate surface area is 144 Å². The fourth-order valence-corrected chi connectivity index (χ4v) is 2.27. The van der Waals surface area contributed by atoms with Gasteiger partial charge in [-0.15, -0.1) is 0 Å². The average molecular weight is 336 g/mol. The first-order valence-corrected chi connectivity index (χ1v) is 7.93. The second-order valence-electron chi connectivity index (χ2n) is 6.84. The van der Waals surface area contributed by atoms with Gasteiger partial charge in [0.1, 0.15) is 11.6 Å². The van der Waals surface area contributed by atoms with Gasteiger partial charge in [0.25, 0.3) is 5.91 Å². The number of carbonyl (C=O) groups excluding carboxylic acids is 2. The minimum atomic E-state index is -0.799. The standard InChI is InChI=1S/C18H28N2O4/c1-12-9-8-10-14(11-12)13(2)15(16(21)20(6)23-7)19-17(22)24-18(3,4)5/h8-11,13,15H,1-7H3,(H,19,22)/t13-,15-/m1/s1. The van der Waals surface area contributed by atoms with Gasteiger partial charge in [-0.1, -0.05) is 36.8 Å². The molecule has 0 spiro atoms. The normalized spacial score (nSPS) is 13.8. The van der Waals surface area contributed by atoms with Crippen molar-refractivity contribution in [3.63, 3.8) is 0 Å². The third-order valence-corrected chi connectivity index (χ3v) is 3.59. The van der Waals surface area contributed by atoms with Gasteiger partial charge in [0.15, 0.2) is 0 Å². The molecule has 1 aromatic rings. The Bertz CT molecular complexity index is 581. The zero-order chi connectivity index (χ0) is 18.5. The molecule has 6 heteroatoms. The monoisotopic (exact) mass is 336 g/mol. The predicted octanol–water partition coefficient (Wildman–Crippen LogP) is 3.01. The third-order valence-electron chi connectivity index (χ3n) is 3.59. The predicted molar refractivity (Wildman–Crippen MR) is 92.5 cm³/mol. The summed E-state index contributed by atoms with van der Waals surface area (Å²) < 4.78 is 5.28. The van der Waals surface area contributed by atoms with Gasteiger partial charge in [0, 0.05) is 13.0 Å². The second-order valence-corrected chi connectivity index (χ2v) is 6.84. The first kappa shape index (κ1) is 20.0. The van der Waals surface area contributed by atoms with Gasteiger partial charge in [0.2, 0.25) is 0 Å². The molecule has 0 saturated carbocycles. The SMILES string of the molecule is CON(C)C(=O)[C@H](NC(=O)OC(C)(C)C)[C@H](C)c1cccc(C)c1. The fourth-order valence-electron chi connectivity index (χ4n) is 2.27. The molecule has 24 heavy (non-hydrogen) atoms. The van der Waals surface area contributed by atoms with Crippen LogP contribution in [0.3, 0.4) is 0 Å². The van der Waals surface area contributed by atoms with Crippen LogP contribution < -0.4 is 5.32 Å². The van der Waals surface area contributed by atoms with Gasteiger partial charge in [-0.2, -0.15) is 0 Å². The number of aryl methyl sites for hydroxylation is 1. The van der Waals surface area contributed by atoms with Crippen LogP contribution in [0.15, 0.2) is 24.3 Å². The zero-order valence-corrected chi connectivity index (χ0v) is 15.5. The highest BCUT2D eigenvalue weighted by Gasteiger charge is 2.32. The van der Waals surface area contributed by atoms with E-state index in [2.05, 4.69) is 5.32 Å². The molecule has 0 radical (unpaired) electrons. The largest absolute Gasteiger partial charge is 0.444 e. The molecule has 134 valence electrons. The highest BCUT2D eigenvalue weighted by atomic mass is 16.7. The van der Waals surface area contributed by atoms with Crippen molar-refractivity contribution in [1.29, 1.82) is 0 Å². The van der Waals surface area contributed by atoms with E-state index in [4.69, 9.17) is 9.57 Å². The highest BCUT2D eigenvalue weighted by Crippen LogP contribution is 2.22. The molecular formula is C18H28N2O4. The molecule has 2 amide bonds. The quantitative estimate of drug-likeness (QED) is 0.839. The molecule has 1 aromatic carbocycles. The van der Waals surface area contributed by atoms with Crippen molar-refractivity contribution in [3.8, 4) is 0 Å². The van der Waals surface area contributed by atoms with Gasteiger partial charge in [-0.05, 0) is 33.3 Å². The maximum atomic E-state index is 12.6. The number of rotatable bonds is 5. The summed E-state index contributed by atoms with van der Waals surface area (Å²) in [6.07, 6.45) is -0.634. The van der Waals surface area contributed by atoms with Crippen molar-refractivity contribution < 1.29 is 19.2 Å². The minimum Gasteiger partial charge on any atom is -0.444 e. The van der Waals surface area contributed by atoms with Crippen LogP contribution in [0.1, 0.15) is 44.7 Å². The van der Waals surface area contributed by atoms with E-state index in [9.17, 15) is 9.59 Å². The lowest BCUT2D eigenvalue weighted by molar-refractivity contribution is -0.171. The van der Waals surface area contributed by atoms with E-state index < -0.39 is 17.7 Å². The average Bonchev–Trinajstić information content (AvgIpc) is 2.48. The van der Waals surface area contributed by atoms with Crippen molar-refractivity contribution in [2.75, 3.05) is 14.2 Å². The molecule has 2 atom stereocenters. The van der Waals surface area contributed by atoms with E-state index in [0.717, 1.165) is 16.2 Å². The maximum absolute atomic E-state index is 12.6. The molecule has 0 aromatic heterocycles. The number of likely N-dealkylation sites (N-methyl/N-ethyl adjacent to an activating group) is 1. The number of nitrogens with zero attached hydrogens (tertiary/aromatic N) is 1. The topological polar surface area (TPSA) is 67.9 Å². The Morgan fingerprint density at radius 1 is 1.25 bits per heavy atom. The summed E-state index contributed by atoms with van der Waals surface area (Å²) in [4.78, 5) is 29.7. The van der Waals surface area contributed by atoms with Crippen LogP contribution in [0.25, 0.3) is 0 Å². The van der Waals surface area contributed by atoms with Crippen LogP contribution in [0, 0.1) is 6.92 Å². The molecule has 0 heterocycles. The van der Waals surface area contributed by atoms with Crippen LogP contribution in [0.4, 0.5) is 4.79 Å². The molecule has 0 aliphatic heterocycles. The van der Waals surface area contributed by atoms with Crippen molar-refractivity contribution in [2.45, 2.75) is 52.2 Å². The Hall–Kier alpha value is -2.08. The summed E-state index contributed by atoms with van der Waals surface area (Å²) in [6, 6.07) is 7.04. The molecule has 6 nitrogen and oxygen atoms in total. The van der Waals surface area contributed by atoms with E-state index in [-0.39, 0.29) is 11.8 Å². The van der Waals surface area contributed by atoms with E-state index in [1.54, 1.807) is 20.8 Å². The number of benzene rings is 1. The number of nitrogens with one attached hydrogen (secondary N) is 1. The number of hydroxylamine groups is 2. The fraction of sp³-hybridized carbons (Fsp3) is 0.556. The summed E-state index contributed by atoms with van der Waals surface area (Å²) in [5.74, 6) is -0.597. The Morgan fingerprint density at radius 3 is 2.38 bits per heavy atom. The third kappa shape index (κ3) is 5.85. The molecule has 1 rings (SSSR count). The number of alkyl carbamates (subject to hydrolysis) is 1. The van der Waals surface area contributed by atoms with Crippen molar-refractivity contribution in [1.82, 2.24) is 10.4 Å². The number of amides is 2. The van der Waals surface area contributed by atoms with Crippen LogP contribution in [-0.4, -0.2) is 42.9 Å². The van der Waals surface area contributed by atoms with Gasteiger partial charge in [-0.25, -0.2) is 9.86 Å². The van der Waals surface area contributed by atoms with Crippen LogP contribution in [-0.2, 0) is 14.4 Å². The summed E-state index contributed by atoms with van der Waals surface area (Å²) in [7, 11) is 2.91. The van der Waals surface area contributed by atoms with E-state index in [0.29, 0.717) is 0 Å². The van der Waals surface area contributed by atoms with Crippen LogP contribution in [0.2, 0.25) is 0 Å². The molecule has 0 unspecified atom stereocenters. The molecule has 0 bridgehead atoms. The summed E-state index contributed by atoms with van der Waals surface area (Å²) in [6.45, 7) is 9.19. The van der Waals surface area contributed by atoms with Gasteiger partial charge in [0.05, 0.1) is 7.11 Å². The van der Waals surface area contributed by atoms with Crippen molar-refractivity contribution in [2.24, 2.45) is 0 Å². The van der Waals surface area contributed by atoms with Gasteiger partial charge < -0.3 is 10.1 Å². The van der Waals surface area contributed by atoms with Crippen molar-refractivity contribution >= 4 is 12.0 Å². The van der Waals surface area contributed by atoms with Gasteiger partial charge in [-0.3, -0.25) is 9.63 Å². The molecule has 0 aliphatic rings. The Morgan fingerprint density at radius 2 is 1.88 bits per heavy atom. The van der Waals surface area contributed by atoms with E-state index in [1.807, 2.05) is 38.1 Å². The second kappa shape index (κ2) is 8.15. The Balaban J connectivity index is 3.05. The molecule has 0 aliphatic carbocycles. The molecule has 0 saturated heterocycles. The maximum Gasteiger partial charge on any atom is 0.408 e. The first-order chi connectivity index (χ1) is 11.0. The summed E-state index contributed by atoms with van der Waals surface area (Å²) >= 11 is 0. The minimum absolute atomic E-state index is 0.248. The lowest BCUT2D eigenvalue weighted by atomic mass is 9.91. The van der Waals surface area contributed by atoms with Crippen molar-refractivity contribution in [3.05, 3.63) is 35.4 Å². The zero-order valence-electron chi connectivity index (χ0n) is 15.5. The summed E-state index contributed by atoms with van der Waals surface area (Å²) in [5, 5.41) is 3.78. The molecular weight excluding hydrogens is 308 g/mol. The van der Waals surface area contributed by atoms with E-state index in [1.165, 1.54) is 14.2 Å². The highest BCUT2D eigenvalue weighted by molar-refractivity contribution is 5.86. The summed E-state index contributed by atoms with van der Waals surface area (Å²) in [5.41, 5.74) is 1.40. The van der Waals surface area contributed by atoms with Gasteiger partial charge >= 0.3 is 6.09 Å². The number of hydrogen-bond donors (Lipinski definition) is 1. The molecule has 1 N–H and O–H groups in total. The molecule has 0 fully saturated rings. The first-order valence-electron chi connectivity index (χ1n) is 7.93. The number of carbonyl (C=O) groups is 2. The lowest BCUT2D eigenvalue weighted by Crippen LogP contribution is -2.50. The smallest absolute Gasteiger partial charge is 0.408 e. The van der Waals surface area contributed by atoms with Crippen LogP contribution >= 0.6 is 0 Å². The van der Waals surface area contributed by atoms with Crippen LogP contribution in [0.5, 0.6) is 0 Å².